The van der Waals surface area contributed by atoms with Gasteiger partial charge in [-0.15, -0.1) is 12.4 Å². The second-order valence-corrected chi connectivity index (χ2v) is 6.31. The summed E-state index contributed by atoms with van der Waals surface area (Å²) in [4.78, 5) is 12.2. The number of benzene rings is 1. The molecule has 3 nitrogen and oxygen atoms in total. The summed E-state index contributed by atoms with van der Waals surface area (Å²) in [5.41, 5.74) is 3.36. The summed E-state index contributed by atoms with van der Waals surface area (Å²) in [7, 11) is 0. The number of rotatable bonds is 4. The second-order valence-electron chi connectivity index (χ2n) is 6.31. The van der Waals surface area contributed by atoms with Crippen LogP contribution in [0.25, 0.3) is 0 Å². The molecule has 1 saturated carbocycles. The maximum atomic E-state index is 12.2. The topological polar surface area (TPSA) is 41.1 Å². The molecule has 1 saturated heterocycles. The van der Waals surface area contributed by atoms with Crippen LogP contribution in [0.15, 0.2) is 18.2 Å². The van der Waals surface area contributed by atoms with E-state index in [0.717, 1.165) is 31.1 Å². The number of aryl methyl sites for hydroxylation is 1. The van der Waals surface area contributed by atoms with E-state index in [9.17, 15) is 4.79 Å². The largest absolute Gasteiger partial charge is 0.352 e. The monoisotopic (exact) mass is 308 g/mol. The highest BCUT2D eigenvalue weighted by molar-refractivity contribution is 5.94. The van der Waals surface area contributed by atoms with Crippen molar-refractivity contribution < 1.29 is 4.79 Å². The maximum absolute atomic E-state index is 12.2. The van der Waals surface area contributed by atoms with Crippen molar-refractivity contribution >= 4 is 18.3 Å². The average Bonchev–Trinajstić information content (AvgIpc) is 3.29. The van der Waals surface area contributed by atoms with Crippen LogP contribution in [-0.4, -0.2) is 25.5 Å². The number of halogens is 1. The number of hydrogen-bond donors (Lipinski definition) is 2. The van der Waals surface area contributed by atoms with E-state index in [0.29, 0.717) is 5.92 Å². The third-order valence-corrected chi connectivity index (χ3v) is 4.42. The molecule has 1 aliphatic heterocycles. The number of hydrogen-bond acceptors (Lipinski definition) is 2. The van der Waals surface area contributed by atoms with Crippen LogP contribution in [0.4, 0.5) is 0 Å². The molecular weight excluding hydrogens is 284 g/mol. The van der Waals surface area contributed by atoms with Gasteiger partial charge in [0.1, 0.15) is 0 Å². The Morgan fingerprint density at radius 2 is 1.90 bits per heavy atom. The van der Waals surface area contributed by atoms with E-state index >= 15 is 0 Å². The van der Waals surface area contributed by atoms with Gasteiger partial charge in [-0.3, -0.25) is 4.79 Å². The molecule has 1 aromatic rings. The molecule has 1 heterocycles. The van der Waals surface area contributed by atoms with Crippen LogP contribution in [0.3, 0.4) is 0 Å². The summed E-state index contributed by atoms with van der Waals surface area (Å²) in [5, 5.41) is 6.46. The molecular formula is C17H25ClN2O. The van der Waals surface area contributed by atoms with Crippen LogP contribution >= 0.6 is 12.4 Å². The molecule has 0 unspecified atom stereocenters. The zero-order valence-electron chi connectivity index (χ0n) is 12.7. The van der Waals surface area contributed by atoms with Crippen molar-refractivity contribution in [2.24, 2.45) is 5.92 Å². The Bertz CT molecular complexity index is 494. The maximum Gasteiger partial charge on any atom is 0.251 e. The first kappa shape index (κ1) is 16.3. The Kier molecular flexibility index (Phi) is 5.65. The van der Waals surface area contributed by atoms with Gasteiger partial charge in [0.25, 0.3) is 5.91 Å². The van der Waals surface area contributed by atoms with Gasteiger partial charge < -0.3 is 10.6 Å². The van der Waals surface area contributed by atoms with E-state index in [4.69, 9.17) is 0 Å². The average molecular weight is 309 g/mol. The van der Waals surface area contributed by atoms with Crippen molar-refractivity contribution in [3.8, 4) is 0 Å². The predicted octanol–water partition coefficient (Wildman–Crippen LogP) is 3.02. The molecule has 116 valence electrons. The van der Waals surface area contributed by atoms with Crippen molar-refractivity contribution in [3.63, 3.8) is 0 Å². The first-order valence-corrected chi connectivity index (χ1v) is 7.83. The van der Waals surface area contributed by atoms with Gasteiger partial charge in [0.05, 0.1) is 0 Å². The minimum Gasteiger partial charge on any atom is -0.352 e. The zero-order chi connectivity index (χ0) is 13.9. The smallest absolute Gasteiger partial charge is 0.251 e. The summed E-state index contributed by atoms with van der Waals surface area (Å²) < 4.78 is 0. The summed E-state index contributed by atoms with van der Waals surface area (Å²) in [5.74, 6) is 1.43. The second kappa shape index (κ2) is 7.28. The number of piperidine rings is 1. The minimum absolute atomic E-state index is 0. The highest BCUT2D eigenvalue weighted by Crippen LogP contribution is 2.28. The van der Waals surface area contributed by atoms with Gasteiger partial charge in [0.15, 0.2) is 0 Å². The van der Waals surface area contributed by atoms with Gasteiger partial charge in [0, 0.05) is 12.1 Å². The predicted molar refractivity (Wildman–Crippen MR) is 88.3 cm³/mol. The van der Waals surface area contributed by atoms with Crippen LogP contribution in [0, 0.1) is 12.8 Å². The van der Waals surface area contributed by atoms with Gasteiger partial charge in [-0.1, -0.05) is 11.6 Å². The molecule has 0 atom stereocenters. The molecule has 3 rings (SSSR count). The van der Waals surface area contributed by atoms with Gasteiger partial charge in [-0.25, -0.2) is 0 Å². The number of amides is 1. The molecule has 0 spiro atoms. The van der Waals surface area contributed by atoms with E-state index in [1.54, 1.807) is 0 Å². The Labute approximate surface area is 133 Å². The van der Waals surface area contributed by atoms with Gasteiger partial charge in [0.2, 0.25) is 0 Å². The fourth-order valence-electron chi connectivity index (χ4n) is 3.00. The van der Waals surface area contributed by atoms with Crippen LogP contribution < -0.4 is 10.6 Å². The Balaban J connectivity index is 0.00000161. The lowest BCUT2D eigenvalue weighted by Gasteiger charge is -2.23. The molecule has 21 heavy (non-hydrogen) atoms. The van der Waals surface area contributed by atoms with Gasteiger partial charge >= 0.3 is 0 Å². The molecule has 2 N–H and O–H groups in total. The Morgan fingerprint density at radius 3 is 2.57 bits per heavy atom. The van der Waals surface area contributed by atoms with Crippen LogP contribution in [-0.2, 0) is 0 Å². The van der Waals surface area contributed by atoms with Gasteiger partial charge in [-0.05, 0) is 75.2 Å². The molecule has 0 aromatic heterocycles. The van der Waals surface area contributed by atoms with E-state index in [1.165, 1.54) is 36.8 Å². The first-order valence-electron chi connectivity index (χ1n) is 7.83. The molecule has 2 fully saturated rings. The van der Waals surface area contributed by atoms with E-state index in [-0.39, 0.29) is 18.3 Å². The zero-order valence-corrected chi connectivity index (χ0v) is 13.5. The fraction of sp³-hybridized carbons (Fsp3) is 0.588. The van der Waals surface area contributed by atoms with Crippen LogP contribution in [0.1, 0.15) is 53.1 Å². The molecule has 2 aliphatic rings. The summed E-state index contributed by atoms with van der Waals surface area (Å²) in [6.07, 6.45) is 4.89. The number of carbonyl (C=O) groups is 1. The molecule has 4 heteroatoms. The summed E-state index contributed by atoms with van der Waals surface area (Å²) >= 11 is 0. The quantitative estimate of drug-likeness (QED) is 0.897. The molecule has 0 radical (unpaired) electrons. The Hall–Kier alpha value is -1.06. The number of carbonyl (C=O) groups excluding carboxylic acids is 1. The number of nitrogens with one attached hydrogen (secondary N) is 2. The minimum atomic E-state index is 0. The third kappa shape index (κ3) is 4.45. The van der Waals surface area contributed by atoms with Gasteiger partial charge in [-0.2, -0.15) is 0 Å². The van der Waals surface area contributed by atoms with Crippen molar-refractivity contribution in [2.75, 3.05) is 19.6 Å². The van der Waals surface area contributed by atoms with Crippen molar-refractivity contribution in [1.29, 1.82) is 0 Å². The van der Waals surface area contributed by atoms with E-state index in [1.807, 2.05) is 6.07 Å². The van der Waals surface area contributed by atoms with E-state index in [2.05, 4.69) is 29.7 Å². The summed E-state index contributed by atoms with van der Waals surface area (Å²) in [6.45, 7) is 5.10. The normalized spacial score (nSPS) is 18.9. The third-order valence-electron chi connectivity index (χ3n) is 4.42. The lowest BCUT2D eigenvalue weighted by molar-refractivity contribution is 0.0951. The summed E-state index contributed by atoms with van der Waals surface area (Å²) in [6, 6.07) is 6.35. The van der Waals surface area contributed by atoms with Crippen LogP contribution in [0.5, 0.6) is 0 Å². The van der Waals surface area contributed by atoms with E-state index < -0.39 is 0 Å². The highest BCUT2D eigenvalue weighted by atomic mass is 35.5. The molecule has 1 aromatic carbocycles. The SMILES string of the molecule is Cc1cc(C(=O)NCC2CC2)cc(C2CCNCC2)c1.Cl. The lowest BCUT2D eigenvalue weighted by atomic mass is 9.88. The van der Waals surface area contributed by atoms with Crippen molar-refractivity contribution in [3.05, 3.63) is 34.9 Å². The fourth-order valence-corrected chi connectivity index (χ4v) is 3.00. The molecule has 1 aliphatic carbocycles. The molecule has 1 amide bonds. The van der Waals surface area contributed by atoms with Crippen LogP contribution in [0.2, 0.25) is 0 Å². The highest BCUT2D eigenvalue weighted by Gasteiger charge is 2.22. The standard InChI is InChI=1S/C17H24N2O.ClH/c1-12-8-15(14-4-6-18-7-5-14)10-16(9-12)17(20)19-11-13-2-3-13;/h8-10,13-14,18H,2-7,11H2,1H3,(H,19,20);1H. The molecule has 0 bridgehead atoms. The van der Waals surface area contributed by atoms with Crippen molar-refractivity contribution in [2.45, 2.75) is 38.5 Å². The first-order chi connectivity index (χ1) is 9.72. The lowest BCUT2D eigenvalue weighted by Crippen LogP contribution is -2.28. The van der Waals surface area contributed by atoms with Crippen molar-refractivity contribution in [1.82, 2.24) is 10.6 Å². The Morgan fingerprint density at radius 1 is 1.19 bits per heavy atom.